The quantitative estimate of drug-likeness (QED) is 0.0786. The molecule has 2 heterocycles. The number of carbonyl (C=O) groups is 5. The number of fused-ring (bicyclic) bond motifs is 6. The molecule has 1 spiro atoms. The van der Waals surface area contributed by atoms with Crippen molar-refractivity contribution >= 4 is 41.3 Å². The van der Waals surface area contributed by atoms with Gasteiger partial charge in [-0.3, -0.25) is 4.79 Å². The molecule has 0 saturated carbocycles. The fourth-order valence-corrected chi connectivity index (χ4v) is 7.41. The van der Waals surface area contributed by atoms with Crippen LogP contribution in [0.15, 0.2) is 152 Å². The van der Waals surface area contributed by atoms with Crippen molar-refractivity contribution in [2.75, 3.05) is 0 Å². The van der Waals surface area contributed by atoms with Crippen LogP contribution in [0.5, 0.6) is 34.5 Å². The van der Waals surface area contributed by atoms with Gasteiger partial charge in [-0.05, 0) is 73.2 Å². The molecule has 2 aliphatic rings. The van der Waals surface area contributed by atoms with Crippen LogP contribution in [-0.2, 0) is 10.3 Å². The maximum atomic E-state index is 13.3. The Morgan fingerprint density at radius 1 is 0.581 bits per heavy atom. The number of rotatable bonds is 7. The van der Waals surface area contributed by atoms with Gasteiger partial charge in [-0.1, -0.05) is 84.4 Å². The summed E-state index contributed by atoms with van der Waals surface area (Å²) in [4.78, 5) is 62.2. The van der Waals surface area contributed by atoms with Crippen molar-refractivity contribution in [3.05, 3.63) is 212 Å². The Morgan fingerprint density at radius 2 is 1.11 bits per heavy atom. The van der Waals surface area contributed by atoms with Crippen molar-refractivity contribution in [2.24, 2.45) is 0 Å². The lowest BCUT2D eigenvalue weighted by molar-refractivity contribution is 0.0223. The van der Waals surface area contributed by atoms with Crippen molar-refractivity contribution < 1.29 is 58.2 Å². The summed E-state index contributed by atoms with van der Waals surface area (Å²) in [5.41, 5.74) is 2.12. The minimum atomic E-state index is -1.33. The van der Waals surface area contributed by atoms with Crippen LogP contribution in [0.25, 0.3) is 0 Å². The van der Waals surface area contributed by atoms with E-state index in [9.17, 15) is 34.2 Å². The summed E-state index contributed by atoms with van der Waals surface area (Å²) in [6.07, 6.45) is 0. The first-order valence-electron chi connectivity index (χ1n) is 18.8. The molecule has 7 aromatic rings. The molecule has 7 aromatic carbocycles. The van der Waals surface area contributed by atoms with E-state index in [2.05, 4.69) is 0 Å². The molecule has 0 fully saturated rings. The van der Waals surface area contributed by atoms with Crippen LogP contribution in [0.1, 0.15) is 79.6 Å². The Kier molecular flexibility index (Phi) is 10.8. The molecule has 3 N–H and O–H groups in total. The zero-order valence-electron chi connectivity index (χ0n) is 32.3. The second kappa shape index (κ2) is 16.4. The number of ketones is 1. The number of benzene rings is 7. The predicted octanol–water partition coefficient (Wildman–Crippen LogP) is 9.68. The minimum absolute atomic E-state index is 0.0722. The highest BCUT2D eigenvalue weighted by Crippen LogP contribution is 2.57. The van der Waals surface area contributed by atoms with E-state index in [0.29, 0.717) is 44.9 Å². The zero-order valence-corrected chi connectivity index (χ0v) is 33.1. The number of aryl methyl sites for hydroxylation is 1. The highest BCUT2D eigenvalue weighted by Gasteiger charge is 2.54. The lowest BCUT2D eigenvalue weighted by Crippen LogP contribution is -2.33. The number of hydrogen-bond acceptors (Lipinski definition) is 11. The number of ether oxygens (including phenoxy) is 4. The average molecular weight is 847 g/mol. The van der Waals surface area contributed by atoms with E-state index in [1.54, 1.807) is 84.9 Å². The van der Waals surface area contributed by atoms with Gasteiger partial charge in [-0.15, -0.1) is 0 Å². The van der Waals surface area contributed by atoms with E-state index in [1.165, 1.54) is 24.3 Å². The van der Waals surface area contributed by atoms with Gasteiger partial charge in [-0.2, -0.15) is 0 Å². The van der Waals surface area contributed by atoms with Crippen LogP contribution in [-0.4, -0.2) is 45.0 Å². The molecule has 62 heavy (non-hydrogen) atoms. The molecule has 13 heteroatoms. The molecule has 0 saturated heterocycles. The monoisotopic (exact) mass is 846 g/mol. The molecule has 0 unspecified atom stereocenters. The van der Waals surface area contributed by atoms with Crippen molar-refractivity contribution in [1.82, 2.24) is 0 Å². The summed E-state index contributed by atoms with van der Waals surface area (Å²) in [6, 6.07) is 40.5. The van der Waals surface area contributed by atoms with Crippen LogP contribution >= 0.6 is 11.6 Å². The number of phenols is 2. The first-order valence-corrected chi connectivity index (χ1v) is 19.2. The summed E-state index contributed by atoms with van der Waals surface area (Å²) in [5.74, 6) is -3.13. The number of aromatic hydroxyl groups is 2. The minimum Gasteiger partial charge on any atom is -0.507 e. The first-order chi connectivity index (χ1) is 29.8. The molecule has 0 aliphatic carbocycles. The van der Waals surface area contributed by atoms with Gasteiger partial charge in [-0.25, -0.2) is 19.2 Å². The van der Waals surface area contributed by atoms with Gasteiger partial charge in [0.15, 0.2) is 11.4 Å². The average Bonchev–Trinajstić information content (AvgIpc) is 3.58. The Morgan fingerprint density at radius 3 is 1.66 bits per heavy atom. The Hall–Kier alpha value is -8.22. The van der Waals surface area contributed by atoms with E-state index in [4.69, 9.17) is 35.7 Å². The largest absolute Gasteiger partial charge is 0.507 e. The highest BCUT2D eigenvalue weighted by molar-refractivity contribution is 6.32. The topological polar surface area (TPSA) is 183 Å². The standard InChI is InChI=1S/C35H22O7.C14H9ClO5/c1-21-9-8-14-28-31(21)34(38)42-35(28)26-17-15-24(39-32(36)22-10-4-2-5-11-22)19-29(26)41-30-20-25(16-18-27(30)35)40-33(37)23-12-6-3-7-13-23;15-10-5-9(11(16)6-12(10)17)13(18)7-3-1-2-4-8(7)14(19)20/h2-20H,1H3;1-6,16-17H,(H,19,20). The molecule has 306 valence electrons. The van der Waals surface area contributed by atoms with Crippen molar-refractivity contribution in [3.8, 4) is 34.5 Å². The van der Waals surface area contributed by atoms with Crippen molar-refractivity contribution in [2.45, 2.75) is 12.5 Å². The summed E-state index contributed by atoms with van der Waals surface area (Å²) < 4.78 is 23.9. The van der Waals surface area contributed by atoms with E-state index in [1.807, 2.05) is 37.3 Å². The van der Waals surface area contributed by atoms with Crippen molar-refractivity contribution in [1.29, 1.82) is 0 Å². The van der Waals surface area contributed by atoms with Gasteiger partial charge in [0.25, 0.3) is 0 Å². The molecule has 0 atom stereocenters. The fraction of sp³-hybridized carbons (Fsp3) is 0.0408. The van der Waals surface area contributed by atoms with Gasteiger partial charge in [0.2, 0.25) is 0 Å². The molecule has 9 rings (SSSR count). The third-order valence-corrected chi connectivity index (χ3v) is 10.4. The molecule has 0 radical (unpaired) electrons. The number of carbonyl (C=O) groups excluding carboxylic acids is 4. The van der Waals surface area contributed by atoms with E-state index in [0.717, 1.165) is 17.7 Å². The number of carboxylic acid groups (broad SMARTS) is 1. The smallest absolute Gasteiger partial charge is 0.343 e. The van der Waals surface area contributed by atoms with Crippen LogP contribution in [0.4, 0.5) is 0 Å². The number of halogens is 1. The Bertz CT molecular complexity index is 2860. The SMILES string of the molecule is Cc1cccc2c1C(=O)OC21c2ccc(OC(=O)c3ccccc3)cc2Oc2cc(OC(=O)c3ccccc3)ccc21.O=C(O)c1ccccc1C(=O)c1cc(Cl)c(O)cc1O. The van der Waals surface area contributed by atoms with Gasteiger partial charge < -0.3 is 34.3 Å². The maximum Gasteiger partial charge on any atom is 0.343 e. The van der Waals surface area contributed by atoms with Gasteiger partial charge in [0.05, 0.1) is 32.8 Å². The van der Waals surface area contributed by atoms with Crippen LogP contribution in [0.2, 0.25) is 5.02 Å². The lowest BCUT2D eigenvalue weighted by Gasteiger charge is -2.36. The number of esters is 3. The number of phenolic OH excluding ortho intramolecular Hbond substituents is 2. The molecule has 0 bridgehead atoms. The molecular weight excluding hydrogens is 816 g/mol. The van der Waals surface area contributed by atoms with Gasteiger partial charge >= 0.3 is 23.9 Å². The second-order valence-corrected chi connectivity index (χ2v) is 14.4. The third-order valence-electron chi connectivity index (χ3n) is 10.1. The summed E-state index contributed by atoms with van der Waals surface area (Å²) in [6.45, 7) is 1.86. The highest BCUT2D eigenvalue weighted by atomic mass is 35.5. The third kappa shape index (κ3) is 7.46. The van der Waals surface area contributed by atoms with E-state index < -0.39 is 41.0 Å². The number of hydrogen-bond donors (Lipinski definition) is 3. The van der Waals surface area contributed by atoms with Gasteiger partial charge in [0, 0.05) is 40.5 Å². The van der Waals surface area contributed by atoms with Crippen LogP contribution in [0, 0.1) is 6.92 Å². The summed E-state index contributed by atoms with van der Waals surface area (Å²) >= 11 is 5.69. The Labute approximate surface area is 357 Å². The fourth-order valence-electron chi connectivity index (χ4n) is 7.25. The normalized spacial score (nSPS) is 12.6. The lowest BCUT2D eigenvalue weighted by atomic mass is 9.77. The van der Waals surface area contributed by atoms with E-state index in [-0.39, 0.29) is 39.0 Å². The molecular formula is C49H31ClO12. The summed E-state index contributed by atoms with van der Waals surface area (Å²) in [5, 5.41) is 27.9. The van der Waals surface area contributed by atoms with Crippen LogP contribution in [0.3, 0.4) is 0 Å². The zero-order chi connectivity index (χ0) is 43.7. The molecule has 0 aromatic heterocycles. The first kappa shape index (κ1) is 40.6. The predicted molar refractivity (Wildman–Crippen MR) is 224 cm³/mol. The molecule has 2 aliphatic heterocycles. The van der Waals surface area contributed by atoms with Crippen molar-refractivity contribution in [3.63, 3.8) is 0 Å². The number of aromatic carboxylic acids is 1. The maximum absolute atomic E-state index is 13.3. The number of carboxylic acids is 1. The molecule has 12 nitrogen and oxygen atoms in total. The van der Waals surface area contributed by atoms with Gasteiger partial charge in [0.1, 0.15) is 34.5 Å². The van der Waals surface area contributed by atoms with Crippen LogP contribution < -0.4 is 14.2 Å². The molecule has 0 amide bonds. The second-order valence-electron chi connectivity index (χ2n) is 14.0. The van der Waals surface area contributed by atoms with E-state index >= 15 is 0 Å². The summed E-state index contributed by atoms with van der Waals surface area (Å²) in [7, 11) is 0. The Balaban J connectivity index is 0.000000222.